The SMILES string of the molecule is Cc1cc(Oc2ccc(CNc3nc(=O)c(Cc4cncnc4)c[nH]3)cc2)ccc1Cl. The number of ether oxygens (including phenoxy) is 1. The van der Waals surface area contributed by atoms with E-state index in [0.29, 0.717) is 29.5 Å². The van der Waals surface area contributed by atoms with E-state index >= 15 is 0 Å². The zero-order chi connectivity index (χ0) is 21.6. The fourth-order valence-electron chi connectivity index (χ4n) is 2.96. The summed E-state index contributed by atoms with van der Waals surface area (Å²) in [6.45, 7) is 2.44. The minimum absolute atomic E-state index is 0.285. The van der Waals surface area contributed by atoms with E-state index in [1.54, 1.807) is 18.6 Å². The van der Waals surface area contributed by atoms with Crippen LogP contribution >= 0.6 is 11.6 Å². The van der Waals surface area contributed by atoms with E-state index in [4.69, 9.17) is 16.3 Å². The van der Waals surface area contributed by atoms with E-state index in [0.717, 1.165) is 28.2 Å². The van der Waals surface area contributed by atoms with Crippen molar-refractivity contribution < 1.29 is 4.74 Å². The molecule has 0 saturated carbocycles. The molecule has 0 fully saturated rings. The molecule has 2 aromatic heterocycles. The lowest BCUT2D eigenvalue weighted by Crippen LogP contribution is -2.17. The van der Waals surface area contributed by atoms with Gasteiger partial charge in [0.05, 0.1) is 0 Å². The quantitative estimate of drug-likeness (QED) is 0.445. The summed E-state index contributed by atoms with van der Waals surface area (Å²) in [6, 6.07) is 13.2. The van der Waals surface area contributed by atoms with Crippen LogP contribution in [0.3, 0.4) is 0 Å². The molecule has 0 spiro atoms. The van der Waals surface area contributed by atoms with Crippen LogP contribution in [0.1, 0.15) is 22.3 Å². The summed E-state index contributed by atoms with van der Waals surface area (Å²) < 4.78 is 5.86. The molecule has 31 heavy (non-hydrogen) atoms. The first-order valence-electron chi connectivity index (χ1n) is 9.66. The molecule has 0 aliphatic rings. The summed E-state index contributed by atoms with van der Waals surface area (Å²) in [5.74, 6) is 1.87. The maximum atomic E-state index is 12.3. The summed E-state index contributed by atoms with van der Waals surface area (Å²) in [5, 5.41) is 3.84. The van der Waals surface area contributed by atoms with Crippen molar-refractivity contribution in [2.24, 2.45) is 0 Å². The Morgan fingerprint density at radius 3 is 2.48 bits per heavy atom. The largest absolute Gasteiger partial charge is 0.457 e. The number of aromatic nitrogens is 4. The Bertz CT molecular complexity index is 1230. The molecule has 8 heteroatoms. The fourth-order valence-corrected chi connectivity index (χ4v) is 3.08. The molecule has 0 aliphatic heterocycles. The van der Waals surface area contributed by atoms with Gasteiger partial charge in [0.1, 0.15) is 17.8 Å². The van der Waals surface area contributed by atoms with Gasteiger partial charge in [-0.3, -0.25) is 4.79 Å². The van der Waals surface area contributed by atoms with Crippen molar-refractivity contribution in [3.05, 3.63) is 105 Å². The van der Waals surface area contributed by atoms with Gasteiger partial charge in [0.15, 0.2) is 0 Å². The second kappa shape index (κ2) is 9.40. The van der Waals surface area contributed by atoms with Crippen LogP contribution in [0.2, 0.25) is 5.02 Å². The number of anilines is 1. The maximum Gasteiger partial charge on any atom is 0.277 e. The van der Waals surface area contributed by atoms with Crippen LogP contribution in [-0.2, 0) is 13.0 Å². The van der Waals surface area contributed by atoms with Crippen molar-refractivity contribution >= 4 is 17.5 Å². The number of rotatable bonds is 7. The maximum absolute atomic E-state index is 12.3. The highest BCUT2D eigenvalue weighted by atomic mass is 35.5. The predicted octanol–water partition coefficient (Wildman–Crippen LogP) is 4.52. The van der Waals surface area contributed by atoms with E-state index in [-0.39, 0.29) is 5.56 Å². The van der Waals surface area contributed by atoms with E-state index in [2.05, 4.69) is 25.3 Å². The third-order valence-corrected chi connectivity index (χ3v) is 5.05. The van der Waals surface area contributed by atoms with Gasteiger partial charge in [-0.05, 0) is 53.9 Å². The van der Waals surface area contributed by atoms with Gasteiger partial charge in [0, 0.05) is 42.1 Å². The van der Waals surface area contributed by atoms with Gasteiger partial charge in [-0.2, -0.15) is 4.98 Å². The third kappa shape index (κ3) is 5.46. The van der Waals surface area contributed by atoms with E-state index < -0.39 is 0 Å². The van der Waals surface area contributed by atoms with Crippen molar-refractivity contribution in [1.29, 1.82) is 0 Å². The minimum atomic E-state index is -0.285. The average molecular weight is 434 g/mol. The molecule has 0 aliphatic carbocycles. The minimum Gasteiger partial charge on any atom is -0.457 e. The highest BCUT2D eigenvalue weighted by Crippen LogP contribution is 2.26. The average Bonchev–Trinajstić information content (AvgIpc) is 2.78. The fraction of sp³-hybridized carbons (Fsp3) is 0.130. The number of nitrogens with one attached hydrogen (secondary N) is 2. The highest BCUT2D eigenvalue weighted by Gasteiger charge is 2.06. The monoisotopic (exact) mass is 433 g/mol. The number of hydrogen-bond donors (Lipinski definition) is 2. The van der Waals surface area contributed by atoms with Crippen molar-refractivity contribution in [3.63, 3.8) is 0 Å². The van der Waals surface area contributed by atoms with Crippen LogP contribution in [0, 0.1) is 6.92 Å². The second-order valence-corrected chi connectivity index (χ2v) is 7.42. The van der Waals surface area contributed by atoms with Crippen LogP contribution in [0.25, 0.3) is 0 Å². The third-order valence-electron chi connectivity index (χ3n) is 4.63. The van der Waals surface area contributed by atoms with E-state index in [9.17, 15) is 4.79 Å². The first-order chi connectivity index (χ1) is 15.1. The van der Waals surface area contributed by atoms with Crippen molar-refractivity contribution in [3.8, 4) is 11.5 Å². The molecule has 2 heterocycles. The van der Waals surface area contributed by atoms with Gasteiger partial charge in [-0.25, -0.2) is 9.97 Å². The summed E-state index contributed by atoms with van der Waals surface area (Å²) in [4.78, 5) is 27.3. The van der Waals surface area contributed by atoms with Crippen molar-refractivity contribution in [1.82, 2.24) is 19.9 Å². The normalized spacial score (nSPS) is 10.6. The lowest BCUT2D eigenvalue weighted by molar-refractivity contribution is 0.482. The number of benzene rings is 2. The Hall–Kier alpha value is -3.71. The number of hydrogen-bond acceptors (Lipinski definition) is 6. The molecule has 0 radical (unpaired) electrons. The van der Waals surface area contributed by atoms with Gasteiger partial charge in [-0.1, -0.05) is 23.7 Å². The number of H-pyrrole nitrogens is 1. The van der Waals surface area contributed by atoms with E-state index in [1.165, 1.54) is 6.33 Å². The number of nitrogens with zero attached hydrogens (tertiary/aromatic N) is 3. The zero-order valence-electron chi connectivity index (χ0n) is 16.8. The molecule has 0 unspecified atom stereocenters. The summed E-state index contributed by atoms with van der Waals surface area (Å²) in [6.07, 6.45) is 6.91. The van der Waals surface area contributed by atoms with Gasteiger partial charge >= 0.3 is 0 Å². The molecule has 2 aromatic carbocycles. The first-order valence-corrected chi connectivity index (χ1v) is 10.0. The second-order valence-electron chi connectivity index (χ2n) is 7.01. The lowest BCUT2D eigenvalue weighted by atomic mass is 10.1. The Labute approximate surface area is 184 Å². The first kappa shape index (κ1) is 20.6. The van der Waals surface area contributed by atoms with Crippen LogP contribution in [0.4, 0.5) is 5.95 Å². The van der Waals surface area contributed by atoms with Crippen LogP contribution in [0.5, 0.6) is 11.5 Å². The molecule has 0 bridgehead atoms. The van der Waals surface area contributed by atoms with Gasteiger partial charge < -0.3 is 15.0 Å². The predicted molar refractivity (Wildman–Crippen MR) is 120 cm³/mol. The van der Waals surface area contributed by atoms with Crippen molar-refractivity contribution in [2.45, 2.75) is 19.9 Å². The molecule has 2 N–H and O–H groups in total. The topological polar surface area (TPSA) is 92.8 Å². The molecular formula is C23H20ClN5O2. The molecule has 4 aromatic rings. The van der Waals surface area contributed by atoms with Gasteiger partial charge in [-0.15, -0.1) is 0 Å². The molecule has 7 nitrogen and oxygen atoms in total. The summed E-state index contributed by atoms with van der Waals surface area (Å²) in [5.41, 5.74) is 3.11. The Kier molecular flexibility index (Phi) is 6.24. The van der Waals surface area contributed by atoms with Crippen LogP contribution < -0.4 is 15.6 Å². The van der Waals surface area contributed by atoms with Crippen molar-refractivity contribution in [2.75, 3.05) is 5.32 Å². The Morgan fingerprint density at radius 2 is 1.77 bits per heavy atom. The number of aryl methyl sites for hydroxylation is 1. The molecule has 0 atom stereocenters. The molecule has 4 rings (SSSR count). The molecular weight excluding hydrogens is 414 g/mol. The molecule has 156 valence electrons. The number of aromatic amines is 1. The van der Waals surface area contributed by atoms with E-state index in [1.807, 2.05) is 49.4 Å². The van der Waals surface area contributed by atoms with Crippen LogP contribution in [-0.4, -0.2) is 19.9 Å². The Balaban J connectivity index is 1.35. The number of halogens is 1. The summed E-state index contributed by atoms with van der Waals surface area (Å²) in [7, 11) is 0. The van der Waals surface area contributed by atoms with Crippen LogP contribution in [0.15, 0.2) is 72.2 Å². The summed E-state index contributed by atoms with van der Waals surface area (Å²) >= 11 is 6.05. The molecule has 0 saturated heterocycles. The highest BCUT2D eigenvalue weighted by molar-refractivity contribution is 6.31. The molecule has 0 amide bonds. The zero-order valence-corrected chi connectivity index (χ0v) is 17.6. The van der Waals surface area contributed by atoms with Gasteiger partial charge in [0.2, 0.25) is 5.95 Å². The Morgan fingerprint density at radius 1 is 1.03 bits per heavy atom. The lowest BCUT2D eigenvalue weighted by Gasteiger charge is -2.09. The smallest absolute Gasteiger partial charge is 0.277 e. The van der Waals surface area contributed by atoms with Gasteiger partial charge in [0.25, 0.3) is 5.56 Å². The standard InChI is InChI=1S/C23H20ClN5O2/c1-15-8-20(6-7-21(15)24)31-19-4-2-16(3-5-19)12-27-23-28-13-18(22(30)29-23)9-17-10-25-14-26-11-17/h2-8,10-11,13-14H,9,12H2,1H3,(H2,27,28,29,30).